The minimum absolute atomic E-state index is 0.00861. The summed E-state index contributed by atoms with van der Waals surface area (Å²) in [6.45, 7) is 3.80. The molecule has 3 aromatic rings. The third-order valence-corrected chi connectivity index (χ3v) is 7.59. The van der Waals surface area contributed by atoms with E-state index in [4.69, 9.17) is 21.1 Å². The van der Waals surface area contributed by atoms with E-state index >= 15 is 0 Å². The standard InChI is InChI=1S/C33H41ClN4O4/c1-35(2)29-10-6-11-30(21-29)42-25-32(39)37-19-7-17-36(22-26-13-15-28(34)16-14-26)18-8-20-38(33(40)24-41-3)31-12-5-4-9-27(31)23-37/h4-6,9-16,21H,7-8,17-20,22-25H2,1-3H3. The summed E-state index contributed by atoms with van der Waals surface area (Å²) in [6, 6.07) is 23.4. The second-order valence-corrected chi connectivity index (χ2v) is 11.1. The van der Waals surface area contributed by atoms with Crippen LogP contribution < -0.4 is 14.5 Å². The van der Waals surface area contributed by atoms with E-state index in [1.807, 2.05) is 96.7 Å². The van der Waals surface area contributed by atoms with Gasteiger partial charge in [-0.1, -0.05) is 48.0 Å². The van der Waals surface area contributed by atoms with Gasteiger partial charge in [0.25, 0.3) is 11.8 Å². The Morgan fingerprint density at radius 2 is 1.60 bits per heavy atom. The number of methoxy groups -OCH3 is 1. The molecule has 0 aromatic heterocycles. The highest BCUT2D eigenvalue weighted by Gasteiger charge is 2.23. The van der Waals surface area contributed by atoms with E-state index in [1.54, 1.807) is 4.90 Å². The van der Waals surface area contributed by atoms with Gasteiger partial charge < -0.3 is 24.2 Å². The normalized spacial score (nSPS) is 14.9. The summed E-state index contributed by atoms with van der Waals surface area (Å²) in [6.07, 6.45) is 1.61. The molecule has 3 aromatic carbocycles. The van der Waals surface area contributed by atoms with Gasteiger partial charge in [0.2, 0.25) is 0 Å². The SMILES string of the molecule is COCC(=O)N1CCCN(Cc2ccc(Cl)cc2)CCCN(C(=O)COc2cccc(N(C)C)c2)Cc2ccccc21. The number of nitrogens with zero attached hydrogens (tertiary/aromatic N) is 4. The van der Waals surface area contributed by atoms with Crippen molar-refractivity contribution < 1.29 is 19.1 Å². The van der Waals surface area contributed by atoms with Crippen LogP contribution in [-0.4, -0.2) is 82.2 Å². The number of carbonyl (C=O) groups is 2. The molecular formula is C33H41ClN4O4. The zero-order chi connectivity index (χ0) is 29.9. The highest BCUT2D eigenvalue weighted by Crippen LogP contribution is 2.25. The molecule has 0 N–H and O–H groups in total. The van der Waals surface area contributed by atoms with Crippen LogP contribution in [0.1, 0.15) is 24.0 Å². The fourth-order valence-corrected chi connectivity index (χ4v) is 5.26. The van der Waals surface area contributed by atoms with Gasteiger partial charge in [0, 0.05) is 82.9 Å². The Labute approximate surface area is 254 Å². The molecule has 0 radical (unpaired) electrons. The maximum absolute atomic E-state index is 13.6. The van der Waals surface area contributed by atoms with E-state index in [9.17, 15) is 9.59 Å². The molecule has 9 heteroatoms. The van der Waals surface area contributed by atoms with E-state index in [-0.39, 0.29) is 25.0 Å². The lowest BCUT2D eigenvalue weighted by molar-refractivity contribution is -0.134. The van der Waals surface area contributed by atoms with Crippen molar-refractivity contribution in [1.29, 1.82) is 0 Å². The largest absolute Gasteiger partial charge is 0.484 e. The van der Waals surface area contributed by atoms with E-state index in [1.165, 1.54) is 12.7 Å². The van der Waals surface area contributed by atoms with Crippen molar-refractivity contribution >= 4 is 34.8 Å². The molecule has 0 unspecified atom stereocenters. The molecule has 0 saturated heterocycles. The van der Waals surface area contributed by atoms with Crippen LogP contribution in [0.4, 0.5) is 11.4 Å². The van der Waals surface area contributed by atoms with Crippen LogP contribution in [0, 0.1) is 0 Å². The molecule has 42 heavy (non-hydrogen) atoms. The van der Waals surface area contributed by atoms with Crippen LogP contribution in [0.3, 0.4) is 0 Å². The number of rotatable bonds is 8. The summed E-state index contributed by atoms with van der Waals surface area (Å²) < 4.78 is 11.2. The van der Waals surface area contributed by atoms with Crippen molar-refractivity contribution in [3.63, 3.8) is 0 Å². The number of para-hydroxylation sites is 1. The van der Waals surface area contributed by atoms with Crippen molar-refractivity contribution in [1.82, 2.24) is 9.80 Å². The van der Waals surface area contributed by atoms with E-state index in [2.05, 4.69) is 4.90 Å². The van der Waals surface area contributed by atoms with Gasteiger partial charge in [0.15, 0.2) is 6.61 Å². The Kier molecular flexibility index (Phi) is 11.6. The van der Waals surface area contributed by atoms with Crippen LogP contribution in [0.5, 0.6) is 5.75 Å². The van der Waals surface area contributed by atoms with Gasteiger partial charge in [-0.2, -0.15) is 0 Å². The van der Waals surface area contributed by atoms with E-state index < -0.39 is 0 Å². The second-order valence-electron chi connectivity index (χ2n) is 10.7. The number of hydrogen-bond donors (Lipinski definition) is 0. The molecule has 0 atom stereocenters. The number of anilines is 2. The van der Waals surface area contributed by atoms with Gasteiger partial charge in [-0.25, -0.2) is 0 Å². The molecule has 0 fully saturated rings. The molecule has 8 nitrogen and oxygen atoms in total. The van der Waals surface area contributed by atoms with Gasteiger partial charge in [-0.15, -0.1) is 0 Å². The molecule has 224 valence electrons. The van der Waals surface area contributed by atoms with Crippen LogP contribution >= 0.6 is 11.6 Å². The van der Waals surface area contributed by atoms with E-state index in [0.29, 0.717) is 30.4 Å². The predicted molar refractivity (Wildman–Crippen MR) is 168 cm³/mol. The van der Waals surface area contributed by atoms with Crippen LogP contribution in [0.2, 0.25) is 5.02 Å². The number of amides is 2. The van der Waals surface area contributed by atoms with Crippen LogP contribution in [0.25, 0.3) is 0 Å². The lowest BCUT2D eigenvalue weighted by Gasteiger charge is -2.31. The summed E-state index contributed by atoms with van der Waals surface area (Å²) >= 11 is 6.11. The molecule has 0 aliphatic carbocycles. The Morgan fingerprint density at radius 3 is 2.33 bits per heavy atom. The van der Waals surface area contributed by atoms with Gasteiger partial charge >= 0.3 is 0 Å². The number of halogens is 1. The first-order valence-electron chi connectivity index (χ1n) is 14.4. The first-order valence-corrected chi connectivity index (χ1v) is 14.7. The Bertz CT molecular complexity index is 1320. The molecule has 2 amide bonds. The third-order valence-electron chi connectivity index (χ3n) is 7.34. The maximum Gasteiger partial charge on any atom is 0.260 e. The predicted octanol–water partition coefficient (Wildman–Crippen LogP) is 5.09. The van der Waals surface area contributed by atoms with Gasteiger partial charge in [-0.05, 0) is 54.3 Å². The van der Waals surface area contributed by atoms with Crippen molar-refractivity contribution in [3.05, 3.63) is 88.9 Å². The van der Waals surface area contributed by atoms with Crippen molar-refractivity contribution in [2.75, 3.05) is 70.4 Å². The number of carbonyl (C=O) groups excluding carboxylic acids is 2. The highest BCUT2D eigenvalue weighted by atomic mass is 35.5. The molecule has 0 saturated carbocycles. The fourth-order valence-electron chi connectivity index (χ4n) is 5.13. The minimum Gasteiger partial charge on any atom is -0.484 e. The smallest absolute Gasteiger partial charge is 0.260 e. The highest BCUT2D eigenvalue weighted by molar-refractivity contribution is 6.30. The molecule has 0 spiro atoms. The van der Waals surface area contributed by atoms with Crippen molar-refractivity contribution in [2.24, 2.45) is 0 Å². The lowest BCUT2D eigenvalue weighted by Crippen LogP contribution is -2.41. The van der Waals surface area contributed by atoms with Crippen molar-refractivity contribution in [2.45, 2.75) is 25.9 Å². The molecule has 1 aliphatic rings. The van der Waals surface area contributed by atoms with Gasteiger partial charge in [0.05, 0.1) is 0 Å². The summed E-state index contributed by atoms with van der Waals surface area (Å²) in [5.41, 5.74) is 3.90. The fraction of sp³-hybridized carbons (Fsp3) is 0.394. The number of ether oxygens (including phenoxy) is 2. The first-order chi connectivity index (χ1) is 20.3. The third kappa shape index (κ3) is 8.95. The molecular weight excluding hydrogens is 552 g/mol. The summed E-state index contributed by atoms with van der Waals surface area (Å²) in [4.78, 5) is 34.8. The molecule has 4 rings (SSSR count). The number of hydrogen-bond acceptors (Lipinski definition) is 6. The van der Waals surface area contributed by atoms with Crippen LogP contribution in [0.15, 0.2) is 72.8 Å². The molecule has 1 aliphatic heterocycles. The minimum atomic E-state index is -0.103. The second kappa shape index (κ2) is 15.6. The van der Waals surface area contributed by atoms with Crippen molar-refractivity contribution in [3.8, 4) is 5.75 Å². The van der Waals surface area contributed by atoms with E-state index in [0.717, 1.165) is 49.4 Å². The van der Waals surface area contributed by atoms with Gasteiger partial charge in [0.1, 0.15) is 12.4 Å². The summed E-state index contributed by atoms with van der Waals surface area (Å²) in [5.74, 6) is 0.444. The van der Waals surface area contributed by atoms with Crippen LogP contribution in [-0.2, 0) is 27.4 Å². The first kappa shape index (κ1) is 31.3. The maximum atomic E-state index is 13.6. The zero-order valence-electron chi connectivity index (χ0n) is 24.8. The average Bonchev–Trinajstić information content (AvgIpc) is 2.98. The zero-order valence-corrected chi connectivity index (χ0v) is 25.6. The molecule has 1 heterocycles. The average molecular weight is 593 g/mol. The van der Waals surface area contributed by atoms with Gasteiger partial charge in [-0.3, -0.25) is 14.5 Å². The number of fused-ring (bicyclic) bond motifs is 1. The summed E-state index contributed by atoms with van der Waals surface area (Å²) in [7, 11) is 5.47. The topological polar surface area (TPSA) is 65.6 Å². The monoisotopic (exact) mass is 592 g/mol. The Hall–Kier alpha value is -3.59. The Balaban J connectivity index is 1.56. The number of benzene rings is 3. The summed E-state index contributed by atoms with van der Waals surface area (Å²) in [5, 5.41) is 0.711. The Morgan fingerprint density at radius 1 is 0.857 bits per heavy atom. The quantitative estimate of drug-likeness (QED) is 0.363. The molecule has 0 bridgehead atoms. The lowest BCUT2D eigenvalue weighted by atomic mass is 10.1.